The van der Waals surface area contributed by atoms with Gasteiger partial charge in [-0.15, -0.1) is 0 Å². The molecular formula is C24H20N2O2. The third-order valence-electron chi connectivity index (χ3n) is 4.13. The molecule has 0 bridgehead atoms. The molecule has 3 rings (SSSR count). The summed E-state index contributed by atoms with van der Waals surface area (Å²) >= 11 is 0. The number of rotatable bonds is 6. The van der Waals surface area contributed by atoms with Crippen LogP contribution in [-0.2, 0) is 11.2 Å². The van der Waals surface area contributed by atoms with E-state index in [2.05, 4.69) is 12.2 Å². The summed E-state index contributed by atoms with van der Waals surface area (Å²) in [5.74, 6) is 0.909. The van der Waals surface area contributed by atoms with Gasteiger partial charge in [-0.25, -0.2) is 0 Å². The number of carbonyl (C=O) groups excluding carboxylic acids is 1. The van der Waals surface area contributed by atoms with Gasteiger partial charge in [-0.1, -0.05) is 49.4 Å². The van der Waals surface area contributed by atoms with E-state index in [9.17, 15) is 10.1 Å². The van der Waals surface area contributed by atoms with Gasteiger partial charge in [-0.3, -0.25) is 4.79 Å². The molecule has 0 atom stereocenters. The Morgan fingerprint density at radius 1 is 1.00 bits per heavy atom. The highest BCUT2D eigenvalue weighted by Crippen LogP contribution is 2.23. The average Bonchev–Trinajstić information content (AvgIpc) is 2.73. The Bertz CT molecular complexity index is 1020. The lowest BCUT2D eigenvalue weighted by Gasteiger charge is -2.07. The molecule has 0 aliphatic heterocycles. The van der Waals surface area contributed by atoms with Crippen molar-refractivity contribution in [3.05, 3.63) is 95.6 Å². The molecule has 4 heteroatoms. The summed E-state index contributed by atoms with van der Waals surface area (Å²) in [6, 6.07) is 26.2. The first-order chi connectivity index (χ1) is 13.7. The predicted octanol–water partition coefficient (Wildman–Crippen LogP) is 5.59. The Balaban J connectivity index is 1.75. The second-order valence-corrected chi connectivity index (χ2v) is 6.16. The van der Waals surface area contributed by atoms with Crippen LogP contribution in [0.4, 0.5) is 5.69 Å². The summed E-state index contributed by atoms with van der Waals surface area (Å²) in [6.07, 6.45) is 2.48. The van der Waals surface area contributed by atoms with E-state index in [-0.39, 0.29) is 5.57 Å². The van der Waals surface area contributed by atoms with Crippen LogP contribution in [0.2, 0.25) is 0 Å². The van der Waals surface area contributed by atoms with Crippen molar-refractivity contribution < 1.29 is 9.53 Å². The minimum Gasteiger partial charge on any atom is -0.457 e. The van der Waals surface area contributed by atoms with Crippen LogP contribution in [0, 0.1) is 11.3 Å². The lowest BCUT2D eigenvalue weighted by molar-refractivity contribution is -0.112. The number of nitriles is 1. The molecule has 0 fully saturated rings. The summed E-state index contributed by atoms with van der Waals surface area (Å²) in [5.41, 5.74) is 2.58. The predicted molar refractivity (Wildman–Crippen MR) is 111 cm³/mol. The fourth-order valence-electron chi connectivity index (χ4n) is 2.63. The minimum absolute atomic E-state index is 0.0245. The van der Waals surface area contributed by atoms with Gasteiger partial charge >= 0.3 is 0 Å². The smallest absolute Gasteiger partial charge is 0.266 e. The molecular weight excluding hydrogens is 348 g/mol. The van der Waals surface area contributed by atoms with Gasteiger partial charge in [0, 0.05) is 5.69 Å². The van der Waals surface area contributed by atoms with Gasteiger partial charge in [0.1, 0.15) is 23.1 Å². The monoisotopic (exact) mass is 368 g/mol. The van der Waals surface area contributed by atoms with Crippen LogP contribution in [0.15, 0.2) is 84.4 Å². The second-order valence-electron chi connectivity index (χ2n) is 6.16. The van der Waals surface area contributed by atoms with Crippen molar-refractivity contribution in [3.8, 4) is 17.6 Å². The molecule has 4 nitrogen and oxygen atoms in total. The van der Waals surface area contributed by atoms with Gasteiger partial charge in [0.25, 0.3) is 5.91 Å². The standard InChI is InChI=1S/C24H20N2O2/c1-2-18-11-13-21(14-12-18)26-24(27)20(17-25)15-19-7-6-10-23(16-19)28-22-8-4-3-5-9-22/h3-16H,2H2,1H3,(H,26,27)/b20-15+. The quantitative estimate of drug-likeness (QED) is 0.456. The summed E-state index contributed by atoms with van der Waals surface area (Å²) < 4.78 is 5.80. The fourth-order valence-corrected chi connectivity index (χ4v) is 2.63. The van der Waals surface area contributed by atoms with Crippen molar-refractivity contribution in [1.29, 1.82) is 5.26 Å². The summed E-state index contributed by atoms with van der Waals surface area (Å²) in [7, 11) is 0. The van der Waals surface area contributed by atoms with E-state index in [1.54, 1.807) is 12.1 Å². The zero-order valence-electron chi connectivity index (χ0n) is 15.6. The van der Waals surface area contributed by atoms with Gasteiger partial charge in [-0.2, -0.15) is 5.26 Å². The van der Waals surface area contributed by atoms with Gasteiger partial charge in [-0.05, 0) is 60.0 Å². The number of ether oxygens (including phenoxy) is 1. The molecule has 0 saturated carbocycles. The summed E-state index contributed by atoms with van der Waals surface area (Å²) in [5, 5.41) is 12.2. The molecule has 138 valence electrons. The highest BCUT2D eigenvalue weighted by Gasteiger charge is 2.10. The molecule has 1 N–H and O–H groups in total. The van der Waals surface area contributed by atoms with Crippen molar-refractivity contribution in [2.24, 2.45) is 0 Å². The van der Waals surface area contributed by atoms with E-state index >= 15 is 0 Å². The number of para-hydroxylation sites is 1. The number of hydrogen-bond donors (Lipinski definition) is 1. The Morgan fingerprint density at radius 2 is 1.71 bits per heavy atom. The number of benzene rings is 3. The maximum Gasteiger partial charge on any atom is 0.266 e. The first-order valence-electron chi connectivity index (χ1n) is 9.03. The van der Waals surface area contributed by atoms with Crippen LogP contribution in [0.3, 0.4) is 0 Å². The lowest BCUT2D eigenvalue weighted by atomic mass is 10.1. The normalized spacial score (nSPS) is 10.8. The number of carbonyl (C=O) groups is 1. The molecule has 0 saturated heterocycles. The van der Waals surface area contributed by atoms with E-state index in [1.807, 2.05) is 78.9 Å². The third-order valence-corrected chi connectivity index (χ3v) is 4.13. The molecule has 28 heavy (non-hydrogen) atoms. The van der Waals surface area contributed by atoms with Crippen LogP contribution in [0.1, 0.15) is 18.1 Å². The first-order valence-corrected chi connectivity index (χ1v) is 9.03. The molecule has 3 aromatic carbocycles. The minimum atomic E-state index is -0.443. The Hall–Kier alpha value is -3.84. The molecule has 0 heterocycles. The Kier molecular flexibility index (Phi) is 6.22. The van der Waals surface area contributed by atoms with Crippen LogP contribution < -0.4 is 10.1 Å². The maximum atomic E-state index is 12.4. The number of aryl methyl sites for hydroxylation is 1. The second kappa shape index (κ2) is 9.20. The topological polar surface area (TPSA) is 62.1 Å². The van der Waals surface area contributed by atoms with Crippen LogP contribution in [0.25, 0.3) is 6.08 Å². The molecule has 0 unspecified atom stereocenters. The Labute approximate surface area is 164 Å². The summed E-state index contributed by atoms with van der Waals surface area (Å²) in [6.45, 7) is 2.07. The SMILES string of the molecule is CCc1ccc(NC(=O)/C(C#N)=C/c2cccc(Oc3ccccc3)c2)cc1. The van der Waals surface area contributed by atoms with Gasteiger partial charge in [0.15, 0.2) is 0 Å². The van der Waals surface area contributed by atoms with Crippen molar-refractivity contribution in [3.63, 3.8) is 0 Å². The number of hydrogen-bond acceptors (Lipinski definition) is 3. The van der Waals surface area contributed by atoms with E-state index < -0.39 is 5.91 Å². The molecule has 0 aromatic heterocycles. The van der Waals surface area contributed by atoms with Crippen molar-refractivity contribution in [2.75, 3.05) is 5.32 Å². The zero-order valence-corrected chi connectivity index (χ0v) is 15.6. The average molecular weight is 368 g/mol. The van der Waals surface area contributed by atoms with Crippen molar-refractivity contribution >= 4 is 17.7 Å². The molecule has 0 aliphatic carbocycles. The van der Waals surface area contributed by atoms with Gasteiger partial charge in [0.05, 0.1) is 0 Å². The highest BCUT2D eigenvalue weighted by atomic mass is 16.5. The number of nitrogens with one attached hydrogen (secondary N) is 1. The van der Waals surface area contributed by atoms with E-state index in [1.165, 1.54) is 5.56 Å². The molecule has 0 aliphatic rings. The largest absolute Gasteiger partial charge is 0.457 e. The number of amides is 1. The van der Waals surface area contributed by atoms with Crippen molar-refractivity contribution in [1.82, 2.24) is 0 Å². The lowest BCUT2D eigenvalue weighted by Crippen LogP contribution is -2.13. The fraction of sp³-hybridized carbons (Fsp3) is 0.0833. The third kappa shape index (κ3) is 5.09. The molecule has 3 aromatic rings. The molecule has 0 radical (unpaired) electrons. The van der Waals surface area contributed by atoms with E-state index in [0.717, 1.165) is 12.2 Å². The molecule has 1 amide bonds. The molecule has 0 spiro atoms. The van der Waals surface area contributed by atoms with Crippen LogP contribution in [0.5, 0.6) is 11.5 Å². The zero-order chi connectivity index (χ0) is 19.8. The van der Waals surface area contributed by atoms with Gasteiger partial charge < -0.3 is 10.1 Å². The van der Waals surface area contributed by atoms with Crippen molar-refractivity contribution in [2.45, 2.75) is 13.3 Å². The van der Waals surface area contributed by atoms with Gasteiger partial charge in [0.2, 0.25) is 0 Å². The highest BCUT2D eigenvalue weighted by molar-refractivity contribution is 6.09. The maximum absolute atomic E-state index is 12.4. The van der Waals surface area contributed by atoms with Crippen LogP contribution >= 0.6 is 0 Å². The first kappa shape index (κ1) is 18.9. The van der Waals surface area contributed by atoms with E-state index in [0.29, 0.717) is 17.0 Å². The summed E-state index contributed by atoms with van der Waals surface area (Å²) in [4.78, 5) is 12.4. The van der Waals surface area contributed by atoms with Crippen LogP contribution in [-0.4, -0.2) is 5.91 Å². The number of anilines is 1. The van der Waals surface area contributed by atoms with E-state index in [4.69, 9.17) is 4.74 Å². The number of nitrogens with zero attached hydrogens (tertiary/aromatic N) is 1. The Morgan fingerprint density at radius 3 is 2.39 bits per heavy atom.